The van der Waals surface area contributed by atoms with Gasteiger partial charge in [0.05, 0.1) is 0 Å². The second kappa shape index (κ2) is 12.1. The minimum absolute atomic E-state index is 1.03. The van der Waals surface area contributed by atoms with Crippen molar-refractivity contribution in [2.24, 2.45) is 0 Å². The smallest absolute Gasteiger partial charge is 0.00696 e. The highest BCUT2D eigenvalue weighted by molar-refractivity contribution is 6.14. The van der Waals surface area contributed by atoms with Crippen molar-refractivity contribution in [1.82, 2.24) is 0 Å². The molecule has 0 fully saturated rings. The molecule has 0 N–H and O–H groups in total. The first kappa shape index (κ1) is 28.6. The van der Waals surface area contributed by atoms with Gasteiger partial charge >= 0.3 is 0 Å². The lowest BCUT2D eigenvalue weighted by molar-refractivity contribution is 0.925. The van der Waals surface area contributed by atoms with Gasteiger partial charge in [0.1, 0.15) is 0 Å². The molecule has 0 amide bonds. The molecule has 0 aromatic heterocycles. The van der Waals surface area contributed by atoms with Crippen LogP contribution in [0.25, 0.3) is 60.1 Å². The van der Waals surface area contributed by atoms with Gasteiger partial charge in [-0.1, -0.05) is 147 Å². The largest absolute Gasteiger partial charge is 0.0990 e. The third kappa shape index (κ3) is 5.17. The van der Waals surface area contributed by atoms with Crippen LogP contribution >= 0.6 is 0 Å². The van der Waals surface area contributed by atoms with Gasteiger partial charge in [0.15, 0.2) is 0 Å². The molecule has 0 aliphatic rings. The molecule has 7 aromatic carbocycles. The summed E-state index contributed by atoms with van der Waals surface area (Å²) in [6.07, 6.45) is 6.12. The molecule has 0 unspecified atom stereocenters. The summed E-state index contributed by atoms with van der Waals surface area (Å²) >= 11 is 0. The molecule has 0 aliphatic carbocycles. The Balaban J connectivity index is 1.36. The third-order valence-electron chi connectivity index (χ3n) is 9.23. The number of hydrogen-bond donors (Lipinski definition) is 0. The van der Waals surface area contributed by atoms with Crippen molar-refractivity contribution in [2.75, 3.05) is 0 Å². The van der Waals surface area contributed by atoms with E-state index in [4.69, 9.17) is 0 Å². The highest BCUT2D eigenvalue weighted by Gasteiger charge is 2.16. The van der Waals surface area contributed by atoms with E-state index in [0.717, 1.165) is 12.8 Å². The monoisotopic (exact) mass is 578 g/mol. The van der Waals surface area contributed by atoms with E-state index in [1.165, 1.54) is 88.0 Å². The zero-order valence-corrected chi connectivity index (χ0v) is 26.4. The lowest BCUT2D eigenvalue weighted by Gasteiger charge is -2.19. The van der Waals surface area contributed by atoms with Gasteiger partial charge in [0.25, 0.3) is 0 Å². The van der Waals surface area contributed by atoms with E-state index in [1.54, 1.807) is 0 Å². The van der Waals surface area contributed by atoms with E-state index in [0.29, 0.717) is 0 Å². The summed E-state index contributed by atoms with van der Waals surface area (Å²) in [5.74, 6) is 0. The number of fused-ring (bicyclic) bond motifs is 4. The van der Waals surface area contributed by atoms with Crippen molar-refractivity contribution in [3.8, 4) is 22.3 Å². The van der Waals surface area contributed by atoms with Gasteiger partial charge in [0.2, 0.25) is 0 Å². The zero-order valence-electron chi connectivity index (χ0n) is 26.4. The molecule has 0 nitrogen and oxygen atoms in total. The van der Waals surface area contributed by atoms with E-state index in [2.05, 4.69) is 161 Å². The predicted molar refractivity (Wildman–Crippen MR) is 197 cm³/mol. The molecule has 0 atom stereocenters. The second-order valence-corrected chi connectivity index (χ2v) is 12.1. The van der Waals surface area contributed by atoms with Crippen LogP contribution in [0.1, 0.15) is 41.2 Å². The molecule has 0 radical (unpaired) electrons. The van der Waals surface area contributed by atoms with Crippen molar-refractivity contribution in [3.05, 3.63) is 174 Å². The average Bonchev–Trinajstić information content (AvgIpc) is 3.07. The Morgan fingerprint density at radius 1 is 0.600 bits per heavy atom. The quantitative estimate of drug-likeness (QED) is 0.130. The van der Waals surface area contributed by atoms with Crippen LogP contribution in [0.2, 0.25) is 0 Å². The second-order valence-electron chi connectivity index (χ2n) is 12.1. The molecular formula is C45H38. The van der Waals surface area contributed by atoms with E-state index in [-0.39, 0.29) is 0 Å². The SMILES string of the molecule is C=C/C=C(/c1ccc2cc(-c3cccc(-c4cccc5c4c(C)cc4ccccc45)c3CCC)ccc2c1)c1ccccc1C. The standard InChI is InChI=1S/C45H38/c1-5-13-38(37-17-9-7-15-30(37)3)35-25-23-33-29-36(26-24-32(33)28-35)39-19-11-20-42(41(39)14-6-2)44-22-12-21-43-40-18-10-8-16-34(40)27-31(4)45(43)44/h5,7-13,15-29H,1,6,14H2,2-4H3/b38-13-. The van der Waals surface area contributed by atoms with E-state index < -0.39 is 0 Å². The van der Waals surface area contributed by atoms with Gasteiger partial charge in [-0.25, -0.2) is 0 Å². The average molecular weight is 579 g/mol. The van der Waals surface area contributed by atoms with Crippen molar-refractivity contribution in [2.45, 2.75) is 33.6 Å². The fourth-order valence-electron chi connectivity index (χ4n) is 7.14. The maximum absolute atomic E-state index is 4.00. The number of allylic oxidation sites excluding steroid dienone is 2. The summed E-state index contributed by atoms with van der Waals surface area (Å²) in [5.41, 5.74) is 12.9. The first-order valence-corrected chi connectivity index (χ1v) is 16.0. The lowest BCUT2D eigenvalue weighted by atomic mass is 9.85. The molecule has 218 valence electrons. The topological polar surface area (TPSA) is 0 Å². The molecule has 0 aliphatic heterocycles. The highest BCUT2D eigenvalue weighted by Crippen LogP contribution is 2.41. The maximum Gasteiger partial charge on any atom is -0.00696 e. The van der Waals surface area contributed by atoms with Crippen molar-refractivity contribution in [3.63, 3.8) is 0 Å². The molecule has 7 aromatic rings. The Hall–Kier alpha value is -5.20. The first-order valence-electron chi connectivity index (χ1n) is 16.0. The normalized spacial score (nSPS) is 11.8. The Morgan fingerprint density at radius 2 is 1.31 bits per heavy atom. The van der Waals surface area contributed by atoms with E-state index >= 15 is 0 Å². The summed E-state index contributed by atoms with van der Waals surface area (Å²) in [7, 11) is 0. The van der Waals surface area contributed by atoms with Gasteiger partial charge in [-0.3, -0.25) is 0 Å². The van der Waals surface area contributed by atoms with Crippen molar-refractivity contribution < 1.29 is 0 Å². The molecule has 0 heteroatoms. The van der Waals surface area contributed by atoms with E-state index in [1.807, 2.05) is 6.08 Å². The molecule has 7 rings (SSSR count). The predicted octanol–water partition coefficient (Wildman–Crippen LogP) is 12.7. The fraction of sp³-hybridized carbons (Fsp3) is 0.111. The summed E-state index contributed by atoms with van der Waals surface area (Å²) in [5, 5.41) is 7.79. The molecule has 0 heterocycles. The van der Waals surface area contributed by atoms with Crippen LogP contribution in [0.15, 0.2) is 146 Å². The summed E-state index contributed by atoms with van der Waals surface area (Å²) in [4.78, 5) is 0. The minimum Gasteiger partial charge on any atom is -0.0990 e. The molecule has 45 heavy (non-hydrogen) atoms. The van der Waals surface area contributed by atoms with Gasteiger partial charge in [-0.2, -0.15) is 0 Å². The summed E-state index contributed by atoms with van der Waals surface area (Å²) in [6.45, 7) is 10.7. The van der Waals surface area contributed by atoms with Crippen LogP contribution in [0.3, 0.4) is 0 Å². The Kier molecular flexibility index (Phi) is 7.66. The van der Waals surface area contributed by atoms with Crippen LogP contribution in [0.4, 0.5) is 0 Å². The van der Waals surface area contributed by atoms with Gasteiger partial charge in [-0.15, -0.1) is 0 Å². The lowest BCUT2D eigenvalue weighted by Crippen LogP contribution is -1.96. The summed E-state index contributed by atoms with van der Waals surface area (Å²) in [6, 6.07) is 47.1. The third-order valence-corrected chi connectivity index (χ3v) is 9.23. The number of benzene rings is 7. The Labute approximate surface area is 267 Å². The zero-order chi connectivity index (χ0) is 30.9. The van der Waals surface area contributed by atoms with Crippen LogP contribution < -0.4 is 0 Å². The van der Waals surface area contributed by atoms with E-state index in [9.17, 15) is 0 Å². The van der Waals surface area contributed by atoms with Crippen LogP contribution in [-0.2, 0) is 6.42 Å². The first-order chi connectivity index (χ1) is 22.1. The molecule has 0 saturated carbocycles. The Morgan fingerprint density at radius 3 is 2.16 bits per heavy atom. The number of aryl methyl sites for hydroxylation is 2. The minimum atomic E-state index is 1.03. The number of hydrogen-bond acceptors (Lipinski definition) is 0. The van der Waals surface area contributed by atoms with Crippen LogP contribution in [0, 0.1) is 13.8 Å². The van der Waals surface area contributed by atoms with Crippen LogP contribution in [0.5, 0.6) is 0 Å². The molecule has 0 bridgehead atoms. The van der Waals surface area contributed by atoms with Crippen molar-refractivity contribution in [1.29, 1.82) is 0 Å². The fourth-order valence-corrected chi connectivity index (χ4v) is 7.14. The van der Waals surface area contributed by atoms with Gasteiger partial charge < -0.3 is 0 Å². The van der Waals surface area contributed by atoms with Gasteiger partial charge in [0, 0.05) is 0 Å². The van der Waals surface area contributed by atoms with Gasteiger partial charge in [-0.05, 0) is 120 Å². The number of rotatable bonds is 7. The Bertz CT molecular complexity index is 2260. The highest BCUT2D eigenvalue weighted by atomic mass is 14.2. The van der Waals surface area contributed by atoms with Crippen LogP contribution in [-0.4, -0.2) is 0 Å². The summed E-state index contributed by atoms with van der Waals surface area (Å²) < 4.78 is 0. The molecule has 0 spiro atoms. The maximum atomic E-state index is 4.00. The molecule has 0 saturated heterocycles. The van der Waals surface area contributed by atoms with Crippen molar-refractivity contribution >= 4 is 37.9 Å². The molecular weight excluding hydrogens is 540 g/mol.